The molecule has 1 aliphatic rings. The zero-order chi connectivity index (χ0) is 20.4. The molecule has 1 unspecified atom stereocenters. The van der Waals surface area contributed by atoms with Crippen molar-refractivity contribution in [1.82, 2.24) is 19.8 Å². The van der Waals surface area contributed by atoms with Gasteiger partial charge >= 0.3 is 6.09 Å². The normalized spacial score (nSPS) is 15.6. The average Bonchev–Trinajstić information content (AvgIpc) is 2.69. The number of benzene rings is 1. The molecular formula is C18H19FN4O5. The zero-order valence-electron chi connectivity index (χ0n) is 15.1. The molecule has 1 aromatic carbocycles. The predicted molar refractivity (Wildman–Crippen MR) is 95.5 cm³/mol. The van der Waals surface area contributed by atoms with Gasteiger partial charge in [0.15, 0.2) is 5.69 Å². The van der Waals surface area contributed by atoms with E-state index in [0.717, 1.165) is 4.90 Å². The summed E-state index contributed by atoms with van der Waals surface area (Å²) in [6.07, 6.45) is -0.216. The van der Waals surface area contributed by atoms with Gasteiger partial charge in [0.1, 0.15) is 11.6 Å². The van der Waals surface area contributed by atoms with Crippen molar-refractivity contribution in [2.75, 3.05) is 7.05 Å². The molecule has 2 amide bonds. The molecule has 1 aromatic heterocycles. The van der Waals surface area contributed by atoms with Crippen LogP contribution in [0, 0.1) is 5.82 Å². The smallest absolute Gasteiger partial charge is 0.407 e. The maximum Gasteiger partial charge on any atom is 0.407 e. The monoisotopic (exact) mass is 390 g/mol. The number of carbonyl (C=O) groups is 2. The van der Waals surface area contributed by atoms with Gasteiger partial charge < -0.3 is 20.4 Å². The second-order valence-electron chi connectivity index (χ2n) is 6.48. The van der Waals surface area contributed by atoms with Crippen molar-refractivity contribution >= 4 is 12.0 Å². The summed E-state index contributed by atoms with van der Waals surface area (Å²) in [6.45, 7) is 0.313. The van der Waals surface area contributed by atoms with Crippen LogP contribution in [0.5, 0.6) is 5.75 Å². The molecule has 3 rings (SSSR count). The van der Waals surface area contributed by atoms with Crippen molar-refractivity contribution in [3.63, 3.8) is 0 Å². The summed E-state index contributed by atoms with van der Waals surface area (Å²) in [6, 6.07) is 4.76. The second kappa shape index (κ2) is 7.67. The Bertz CT molecular complexity index is 973. The molecule has 0 spiro atoms. The lowest BCUT2D eigenvalue weighted by Gasteiger charge is -2.31. The first-order chi connectivity index (χ1) is 13.3. The third kappa shape index (κ3) is 3.66. The fraction of sp³-hybridized carbons (Fsp3) is 0.333. The number of amides is 2. The van der Waals surface area contributed by atoms with E-state index >= 15 is 0 Å². The van der Waals surface area contributed by atoms with Gasteiger partial charge in [0.2, 0.25) is 5.75 Å². The molecule has 1 atom stereocenters. The summed E-state index contributed by atoms with van der Waals surface area (Å²) in [7, 11) is 1.36. The minimum Gasteiger partial charge on any atom is -0.501 e. The van der Waals surface area contributed by atoms with E-state index in [1.165, 1.54) is 35.9 Å². The number of hydrogen-bond acceptors (Lipinski definition) is 5. The Balaban J connectivity index is 1.91. The number of carbonyl (C=O) groups excluding carboxylic acids is 1. The zero-order valence-corrected chi connectivity index (χ0v) is 15.1. The number of halogens is 1. The number of rotatable bonds is 4. The van der Waals surface area contributed by atoms with E-state index in [-0.39, 0.29) is 18.9 Å². The van der Waals surface area contributed by atoms with Gasteiger partial charge in [0.05, 0.1) is 6.04 Å². The second-order valence-corrected chi connectivity index (χ2v) is 6.48. The van der Waals surface area contributed by atoms with Crippen molar-refractivity contribution < 1.29 is 24.2 Å². The van der Waals surface area contributed by atoms with Crippen LogP contribution in [0.4, 0.5) is 9.18 Å². The molecule has 1 aliphatic heterocycles. The quantitative estimate of drug-likeness (QED) is 0.726. The maximum atomic E-state index is 13.0. The van der Waals surface area contributed by atoms with Gasteiger partial charge in [0.25, 0.3) is 11.5 Å². The van der Waals surface area contributed by atoms with Gasteiger partial charge in [-0.1, -0.05) is 12.1 Å². The summed E-state index contributed by atoms with van der Waals surface area (Å²) in [5, 5.41) is 21.9. The van der Waals surface area contributed by atoms with Gasteiger partial charge in [-0.2, -0.15) is 0 Å². The highest BCUT2D eigenvalue weighted by Crippen LogP contribution is 2.28. The lowest BCUT2D eigenvalue weighted by molar-refractivity contribution is 0.0940. The number of nitrogens with one attached hydrogen (secondary N) is 1. The van der Waals surface area contributed by atoms with E-state index in [9.17, 15) is 29.0 Å². The number of aromatic nitrogens is 2. The Kier molecular flexibility index (Phi) is 5.30. The van der Waals surface area contributed by atoms with Crippen LogP contribution in [0.15, 0.2) is 29.1 Å². The molecule has 3 N–H and O–H groups in total. The molecular weight excluding hydrogens is 371 g/mol. The van der Waals surface area contributed by atoms with Gasteiger partial charge in [0, 0.05) is 20.1 Å². The van der Waals surface area contributed by atoms with Crippen molar-refractivity contribution in [1.29, 1.82) is 0 Å². The highest BCUT2D eigenvalue weighted by atomic mass is 19.1. The number of carboxylic acid groups (broad SMARTS) is 1. The van der Waals surface area contributed by atoms with Crippen molar-refractivity contribution in [2.24, 2.45) is 0 Å². The molecule has 2 aromatic rings. The van der Waals surface area contributed by atoms with Crippen molar-refractivity contribution in [2.45, 2.75) is 32.0 Å². The number of fused-ring (bicyclic) bond motifs is 1. The third-order valence-corrected chi connectivity index (χ3v) is 4.68. The molecule has 0 aliphatic carbocycles. The Hall–Kier alpha value is -3.43. The minimum atomic E-state index is -1.19. The summed E-state index contributed by atoms with van der Waals surface area (Å²) in [4.78, 5) is 41.4. The Labute approximate surface area is 159 Å². The Morgan fingerprint density at radius 3 is 2.68 bits per heavy atom. The number of nitrogens with zero attached hydrogens (tertiary/aromatic N) is 3. The van der Waals surface area contributed by atoms with Crippen LogP contribution < -0.4 is 10.9 Å². The third-order valence-electron chi connectivity index (χ3n) is 4.68. The van der Waals surface area contributed by atoms with E-state index in [0.29, 0.717) is 18.4 Å². The van der Waals surface area contributed by atoms with E-state index < -0.39 is 40.9 Å². The topological polar surface area (TPSA) is 125 Å². The van der Waals surface area contributed by atoms with E-state index in [2.05, 4.69) is 10.3 Å². The molecule has 9 nitrogen and oxygen atoms in total. The molecule has 148 valence electrons. The lowest BCUT2D eigenvalue weighted by Crippen LogP contribution is -2.40. The largest absolute Gasteiger partial charge is 0.501 e. The first-order valence-corrected chi connectivity index (χ1v) is 8.61. The standard InChI is InChI=1S/C18H19FN4O5/c1-22(18(27)28)12-3-2-8-23-15(12)21-13(14(24)17(23)26)16(25)20-9-10-4-6-11(19)7-5-10/h4-7,12,24H,2-3,8-9H2,1H3,(H,20,25)(H,27,28). The van der Waals surface area contributed by atoms with Gasteiger partial charge in [-0.3, -0.25) is 14.2 Å². The molecule has 28 heavy (non-hydrogen) atoms. The van der Waals surface area contributed by atoms with Gasteiger partial charge in [-0.15, -0.1) is 0 Å². The lowest BCUT2D eigenvalue weighted by atomic mass is 10.0. The number of aromatic hydroxyl groups is 1. The predicted octanol–water partition coefficient (Wildman–Crippen LogP) is 1.46. The highest BCUT2D eigenvalue weighted by molar-refractivity contribution is 5.94. The molecule has 0 saturated heterocycles. The van der Waals surface area contributed by atoms with Crippen LogP contribution in [0.2, 0.25) is 0 Å². The molecule has 2 heterocycles. The first-order valence-electron chi connectivity index (χ1n) is 8.61. The maximum absolute atomic E-state index is 13.0. The average molecular weight is 390 g/mol. The van der Waals surface area contributed by atoms with Crippen LogP contribution in [0.1, 0.15) is 40.8 Å². The van der Waals surface area contributed by atoms with Crippen molar-refractivity contribution in [3.8, 4) is 5.75 Å². The Morgan fingerprint density at radius 1 is 1.36 bits per heavy atom. The van der Waals surface area contributed by atoms with E-state index in [1.807, 2.05) is 0 Å². The molecule has 0 saturated carbocycles. The first kappa shape index (κ1) is 19.3. The van der Waals surface area contributed by atoms with Gasteiger partial charge in [-0.25, -0.2) is 14.2 Å². The molecule has 10 heteroatoms. The fourth-order valence-corrected chi connectivity index (χ4v) is 3.13. The van der Waals surface area contributed by atoms with Crippen LogP contribution in [-0.2, 0) is 13.1 Å². The summed E-state index contributed by atoms with van der Waals surface area (Å²) < 4.78 is 14.1. The van der Waals surface area contributed by atoms with Crippen LogP contribution in [0.3, 0.4) is 0 Å². The Morgan fingerprint density at radius 2 is 2.04 bits per heavy atom. The van der Waals surface area contributed by atoms with Crippen LogP contribution in [0.25, 0.3) is 0 Å². The van der Waals surface area contributed by atoms with Gasteiger partial charge in [-0.05, 0) is 30.5 Å². The van der Waals surface area contributed by atoms with Crippen LogP contribution in [-0.4, -0.2) is 43.7 Å². The highest BCUT2D eigenvalue weighted by Gasteiger charge is 2.32. The SMILES string of the molecule is CN(C(=O)O)C1CCCn2c1nc(C(=O)NCc1ccc(F)cc1)c(O)c2=O. The minimum absolute atomic E-state index is 0.0388. The van der Waals surface area contributed by atoms with Crippen molar-refractivity contribution in [3.05, 3.63) is 57.5 Å². The molecule has 0 fully saturated rings. The van der Waals surface area contributed by atoms with E-state index in [1.54, 1.807) is 0 Å². The summed E-state index contributed by atoms with van der Waals surface area (Å²) in [5.74, 6) is -1.87. The summed E-state index contributed by atoms with van der Waals surface area (Å²) in [5.41, 5.74) is -0.642. The molecule has 0 bridgehead atoms. The van der Waals surface area contributed by atoms with E-state index in [4.69, 9.17) is 0 Å². The fourth-order valence-electron chi connectivity index (χ4n) is 3.13. The summed E-state index contributed by atoms with van der Waals surface area (Å²) >= 11 is 0. The molecule has 0 radical (unpaired) electrons. The number of hydrogen-bond donors (Lipinski definition) is 3. The van der Waals surface area contributed by atoms with Crippen LogP contribution >= 0.6 is 0 Å².